The lowest BCUT2D eigenvalue weighted by Crippen LogP contribution is -2.28. The van der Waals surface area contributed by atoms with Gasteiger partial charge in [0.05, 0.1) is 4.70 Å². The number of hydrogen-bond acceptors (Lipinski definition) is 4. The van der Waals surface area contributed by atoms with Crippen LogP contribution in [0, 0.1) is 0 Å². The van der Waals surface area contributed by atoms with Crippen LogP contribution in [0.3, 0.4) is 0 Å². The van der Waals surface area contributed by atoms with Crippen LogP contribution in [0.5, 0.6) is 0 Å². The molecular weight excluding hydrogens is 330 g/mol. The van der Waals surface area contributed by atoms with E-state index in [9.17, 15) is 4.79 Å². The minimum Gasteiger partial charge on any atom is -0.367 e. The zero-order chi connectivity index (χ0) is 17.5. The first-order valence-corrected chi connectivity index (χ1v) is 9.50. The number of carbonyl (C=O) groups is 1. The lowest BCUT2D eigenvalue weighted by Gasteiger charge is -2.07. The second-order valence-electron chi connectivity index (χ2n) is 6.01. The minimum atomic E-state index is -0.0352. The second kappa shape index (κ2) is 8.62. The molecule has 0 bridgehead atoms. The molecular formula is C20H23N3OS. The Kier molecular flexibility index (Phi) is 6.01. The van der Waals surface area contributed by atoms with Crippen LogP contribution in [-0.2, 0) is 6.42 Å². The van der Waals surface area contributed by atoms with Crippen LogP contribution in [0.4, 0.5) is 5.82 Å². The third-order valence-corrected chi connectivity index (χ3v) is 4.94. The van der Waals surface area contributed by atoms with E-state index in [-0.39, 0.29) is 5.91 Å². The first-order chi connectivity index (χ1) is 12.3. The van der Waals surface area contributed by atoms with E-state index in [1.54, 1.807) is 0 Å². The predicted molar refractivity (Wildman–Crippen MR) is 105 cm³/mol. The van der Waals surface area contributed by atoms with Gasteiger partial charge in [-0.25, -0.2) is 0 Å². The van der Waals surface area contributed by atoms with Crippen LogP contribution in [0.1, 0.15) is 35.7 Å². The van der Waals surface area contributed by atoms with Gasteiger partial charge in [-0.2, -0.15) is 4.37 Å². The van der Waals surface area contributed by atoms with Crippen LogP contribution in [-0.4, -0.2) is 23.4 Å². The van der Waals surface area contributed by atoms with Gasteiger partial charge in [0.25, 0.3) is 5.91 Å². The average Bonchev–Trinajstić information content (AvgIpc) is 3.07. The number of hydrogen-bond donors (Lipinski definition) is 2. The zero-order valence-corrected chi connectivity index (χ0v) is 15.2. The van der Waals surface area contributed by atoms with Crippen molar-refractivity contribution in [3.05, 3.63) is 59.7 Å². The topological polar surface area (TPSA) is 54.0 Å². The third-order valence-electron chi connectivity index (χ3n) is 4.12. The number of unbranched alkanes of at least 4 members (excludes halogenated alkanes) is 1. The molecule has 130 valence electrons. The van der Waals surface area contributed by atoms with Crippen molar-refractivity contribution >= 4 is 33.3 Å². The largest absolute Gasteiger partial charge is 0.367 e. The number of fused-ring (bicyclic) bond motifs is 1. The Hall–Kier alpha value is -2.40. The zero-order valence-electron chi connectivity index (χ0n) is 14.4. The molecule has 1 heterocycles. The van der Waals surface area contributed by atoms with Gasteiger partial charge in [-0.3, -0.25) is 4.79 Å². The van der Waals surface area contributed by atoms with Gasteiger partial charge in [0.2, 0.25) is 0 Å². The van der Waals surface area contributed by atoms with Gasteiger partial charge in [-0.05, 0) is 54.2 Å². The number of amides is 1. The fourth-order valence-electron chi connectivity index (χ4n) is 2.68. The summed E-state index contributed by atoms with van der Waals surface area (Å²) in [6, 6.07) is 16.0. The standard InChI is InChI=1S/C20H23N3OS/c1-2-3-6-15-9-11-16(12-10-15)20(24)22-14-13-21-19-17-7-4-5-8-18(17)25-23-19/h4-5,7-12H,2-3,6,13-14H2,1H3,(H,21,23)(H,22,24). The molecule has 0 aliphatic rings. The maximum atomic E-state index is 12.2. The van der Waals surface area contributed by atoms with E-state index < -0.39 is 0 Å². The molecule has 0 aliphatic carbocycles. The summed E-state index contributed by atoms with van der Waals surface area (Å²) in [5.74, 6) is 0.849. The maximum Gasteiger partial charge on any atom is 0.251 e. The highest BCUT2D eigenvalue weighted by atomic mass is 32.1. The number of aromatic nitrogens is 1. The Morgan fingerprint density at radius 1 is 1.08 bits per heavy atom. The van der Waals surface area contributed by atoms with Gasteiger partial charge in [-0.1, -0.05) is 37.6 Å². The summed E-state index contributed by atoms with van der Waals surface area (Å²) in [6.07, 6.45) is 3.44. The van der Waals surface area contributed by atoms with Crippen LogP contribution >= 0.6 is 11.5 Å². The van der Waals surface area contributed by atoms with E-state index in [1.165, 1.54) is 29.9 Å². The van der Waals surface area contributed by atoms with Crippen molar-refractivity contribution in [1.82, 2.24) is 9.69 Å². The molecule has 0 fully saturated rings. The molecule has 5 heteroatoms. The molecule has 1 amide bonds. The van der Waals surface area contributed by atoms with E-state index in [2.05, 4.69) is 34.1 Å². The highest BCUT2D eigenvalue weighted by Gasteiger charge is 2.06. The Balaban J connectivity index is 1.46. The molecule has 0 unspecified atom stereocenters. The van der Waals surface area contributed by atoms with E-state index in [0.29, 0.717) is 18.7 Å². The molecule has 0 saturated carbocycles. The summed E-state index contributed by atoms with van der Waals surface area (Å²) in [7, 11) is 0. The highest BCUT2D eigenvalue weighted by molar-refractivity contribution is 7.13. The Morgan fingerprint density at radius 2 is 1.88 bits per heavy atom. The monoisotopic (exact) mass is 353 g/mol. The minimum absolute atomic E-state index is 0.0352. The molecule has 0 radical (unpaired) electrons. The number of aryl methyl sites for hydroxylation is 1. The lowest BCUT2D eigenvalue weighted by molar-refractivity contribution is 0.0955. The summed E-state index contributed by atoms with van der Waals surface area (Å²) in [5.41, 5.74) is 2.00. The highest BCUT2D eigenvalue weighted by Crippen LogP contribution is 2.25. The molecule has 0 spiro atoms. The fraction of sp³-hybridized carbons (Fsp3) is 0.300. The lowest BCUT2D eigenvalue weighted by atomic mass is 10.1. The van der Waals surface area contributed by atoms with Gasteiger partial charge < -0.3 is 10.6 Å². The van der Waals surface area contributed by atoms with Crippen molar-refractivity contribution < 1.29 is 4.79 Å². The van der Waals surface area contributed by atoms with Gasteiger partial charge in [0.15, 0.2) is 0 Å². The predicted octanol–water partition coefficient (Wildman–Crippen LogP) is 4.48. The van der Waals surface area contributed by atoms with Crippen molar-refractivity contribution in [1.29, 1.82) is 0 Å². The van der Waals surface area contributed by atoms with Gasteiger partial charge in [-0.15, -0.1) is 0 Å². The summed E-state index contributed by atoms with van der Waals surface area (Å²) >= 11 is 1.48. The van der Waals surface area contributed by atoms with Crippen molar-refractivity contribution in [2.75, 3.05) is 18.4 Å². The number of nitrogens with zero attached hydrogens (tertiary/aromatic N) is 1. The van der Waals surface area contributed by atoms with Gasteiger partial charge in [0, 0.05) is 24.0 Å². The molecule has 2 N–H and O–H groups in total. The van der Waals surface area contributed by atoms with Crippen LogP contribution in [0.25, 0.3) is 10.1 Å². The van der Waals surface area contributed by atoms with E-state index >= 15 is 0 Å². The molecule has 3 aromatic rings. The molecule has 4 nitrogen and oxygen atoms in total. The quantitative estimate of drug-likeness (QED) is 0.587. The Labute approximate surface area is 152 Å². The second-order valence-corrected chi connectivity index (χ2v) is 6.82. The molecule has 0 atom stereocenters. The average molecular weight is 353 g/mol. The first kappa shape index (κ1) is 17.4. The van der Waals surface area contributed by atoms with E-state index in [4.69, 9.17) is 0 Å². The fourth-order valence-corrected chi connectivity index (χ4v) is 3.43. The molecule has 25 heavy (non-hydrogen) atoms. The summed E-state index contributed by atoms with van der Waals surface area (Å²) in [5, 5.41) is 7.36. The van der Waals surface area contributed by atoms with E-state index in [0.717, 1.165) is 22.3 Å². The number of anilines is 1. The summed E-state index contributed by atoms with van der Waals surface area (Å²) < 4.78 is 5.59. The van der Waals surface area contributed by atoms with Crippen molar-refractivity contribution in [3.63, 3.8) is 0 Å². The molecule has 1 aromatic heterocycles. The smallest absolute Gasteiger partial charge is 0.251 e. The number of benzene rings is 2. The van der Waals surface area contributed by atoms with Crippen molar-refractivity contribution in [3.8, 4) is 0 Å². The van der Waals surface area contributed by atoms with Crippen molar-refractivity contribution in [2.24, 2.45) is 0 Å². The number of carbonyl (C=O) groups excluding carboxylic acids is 1. The number of rotatable bonds is 8. The van der Waals surface area contributed by atoms with Crippen molar-refractivity contribution in [2.45, 2.75) is 26.2 Å². The molecule has 0 saturated heterocycles. The number of nitrogens with one attached hydrogen (secondary N) is 2. The normalized spacial score (nSPS) is 10.8. The SMILES string of the molecule is CCCCc1ccc(C(=O)NCCNc2nsc3ccccc23)cc1. The summed E-state index contributed by atoms with van der Waals surface area (Å²) in [6.45, 7) is 3.39. The van der Waals surface area contributed by atoms with Gasteiger partial charge >= 0.3 is 0 Å². The molecule has 0 aliphatic heterocycles. The Bertz CT molecular complexity index is 826. The van der Waals surface area contributed by atoms with Gasteiger partial charge in [0.1, 0.15) is 5.82 Å². The third kappa shape index (κ3) is 4.57. The van der Waals surface area contributed by atoms with E-state index in [1.807, 2.05) is 36.4 Å². The van der Waals surface area contributed by atoms with Crippen LogP contribution in [0.2, 0.25) is 0 Å². The first-order valence-electron chi connectivity index (χ1n) is 8.73. The van der Waals surface area contributed by atoms with Crippen LogP contribution in [0.15, 0.2) is 48.5 Å². The molecule has 2 aromatic carbocycles. The maximum absolute atomic E-state index is 12.2. The van der Waals surface area contributed by atoms with Crippen LogP contribution < -0.4 is 10.6 Å². The Morgan fingerprint density at radius 3 is 2.68 bits per heavy atom. The molecule has 3 rings (SSSR count). The summed E-state index contributed by atoms with van der Waals surface area (Å²) in [4.78, 5) is 12.2.